The molecule has 2 N–H and O–H groups in total. The van der Waals surface area contributed by atoms with Crippen LogP contribution in [-0.4, -0.2) is 37.8 Å². The zero-order valence-electron chi connectivity index (χ0n) is 18.4. The van der Waals surface area contributed by atoms with Crippen LogP contribution in [-0.2, 0) is 17.9 Å². The molecule has 4 aromatic rings. The Morgan fingerprint density at radius 3 is 2.77 bits per heavy atom. The number of hydrogen-bond acceptors (Lipinski definition) is 5. The summed E-state index contributed by atoms with van der Waals surface area (Å²) in [5.74, 6) is 0.818. The summed E-state index contributed by atoms with van der Waals surface area (Å²) < 4.78 is 37.7. The molecule has 0 unspecified atom stereocenters. The molecule has 8 nitrogen and oxygen atoms in total. The number of nitrogens with zero attached hydrogens (tertiary/aromatic N) is 3. The quantitative estimate of drug-likeness (QED) is 0.353. The van der Waals surface area contributed by atoms with E-state index in [0.717, 1.165) is 41.1 Å². The largest absolute Gasteiger partial charge is 0.487 e. The molecule has 0 atom stereocenters. The third-order valence-corrected chi connectivity index (χ3v) is 6.19. The molecule has 2 aliphatic rings. The van der Waals surface area contributed by atoms with E-state index < -0.39 is 5.57 Å². The van der Waals surface area contributed by atoms with E-state index in [-0.39, 0.29) is 11.7 Å². The minimum atomic E-state index is -3.81. The van der Waals surface area contributed by atoms with Gasteiger partial charge in [0.2, 0.25) is 0 Å². The molecule has 180 valence electrons. The summed E-state index contributed by atoms with van der Waals surface area (Å²) in [6, 6.07) is 11.1. The monoisotopic (exact) mass is 499 g/mol. The number of ether oxygens (including phenoxy) is 2. The second-order valence-electron chi connectivity index (χ2n) is 8.63. The first-order valence-electron chi connectivity index (χ1n) is 11.2. The van der Waals surface area contributed by atoms with Gasteiger partial charge in [-0.2, -0.15) is 5.10 Å². The highest BCUT2D eigenvalue weighted by atomic mass is 35.5. The van der Waals surface area contributed by atoms with Crippen LogP contribution in [0.25, 0.3) is 22.3 Å². The van der Waals surface area contributed by atoms with Crippen LogP contribution in [0, 0.1) is 0 Å². The number of nitrogens with one attached hydrogen (secondary N) is 2. The van der Waals surface area contributed by atoms with E-state index in [2.05, 4.69) is 24.8 Å². The van der Waals surface area contributed by atoms with Crippen molar-refractivity contribution < 1.29 is 23.0 Å². The summed E-state index contributed by atoms with van der Waals surface area (Å²) in [4.78, 5) is 17.9. The molecule has 6 rings (SSSR count). The van der Waals surface area contributed by atoms with Gasteiger partial charge in [0, 0.05) is 46.6 Å². The second-order valence-corrected chi connectivity index (χ2v) is 9.07. The third-order valence-electron chi connectivity index (χ3n) is 6.11. The molecule has 2 aromatic carbocycles. The van der Waals surface area contributed by atoms with E-state index in [1.807, 2.05) is 6.07 Å². The number of hydrogen-bond donors (Lipinski definition) is 2. The molecular weight excluding hydrogens is 480 g/mol. The van der Waals surface area contributed by atoms with Crippen LogP contribution in [0.5, 0.6) is 5.75 Å². The van der Waals surface area contributed by atoms with Crippen molar-refractivity contribution in [3.05, 3.63) is 59.5 Å². The fourth-order valence-electron chi connectivity index (χ4n) is 4.33. The van der Waals surface area contributed by atoms with E-state index in [0.29, 0.717) is 42.4 Å². The van der Waals surface area contributed by atoms with Crippen molar-refractivity contribution in [1.29, 1.82) is 0 Å². The van der Waals surface area contributed by atoms with E-state index in [1.54, 1.807) is 12.1 Å². The highest BCUT2D eigenvalue weighted by Gasteiger charge is 2.28. The molecule has 11 heteroatoms. The highest BCUT2D eigenvalue weighted by molar-refractivity contribution is 6.20. The number of anilines is 1. The van der Waals surface area contributed by atoms with Crippen molar-refractivity contribution >= 4 is 34.2 Å². The Kier molecular flexibility index (Phi) is 5.23. The van der Waals surface area contributed by atoms with Crippen molar-refractivity contribution in [2.45, 2.75) is 37.5 Å². The minimum Gasteiger partial charge on any atom is -0.420 e. The number of benzene rings is 2. The number of alkyl halides is 3. The zero-order chi connectivity index (χ0) is 24.2. The van der Waals surface area contributed by atoms with Gasteiger partial charge in [-0.05, 0) is 55.3 Å². The molecule has 0 saturated heterocycles. The van der Waals surface area contributed by atoms with Crippen LogP contribution < -0.4 is 10.1 Å². The maximum atomic E-state index is 13.2. The third kappa shape index (κ3) is 4.46. The standard InChI is InChI=1S/C24H20ClF2N5O3/c25-24(26,27)35-16-5-3-15(4-6-16)28-23(33)14-9-17(19-11-18(30-31-19)13-1-2-13)22-20(10-14)29-21-12-34-8-7-32(21)22/h3-6,9-11,13H,1-2,7-8,12H2,(H,28,33)(H,30,31). The molecular formula is C24H20ClF2N5O3. The lowest BCUT2D eigenvalue weighted by Crippen LogP contribution is -2.17. The van der Waals surface area contributed by atoms with Crippen LogP contribution >= 0.6 is 11.6 Å². The fraction of sp³-hybridized carbons (Fsp3) is 0.292. The lowest BCUT2D eigenvalue weighted by Gasteiger charge is -2.16. The van der Waals surface area contributed by atoms with E-state index >= 15 is 0 Å². The number of aromatic amines is 1. The number of fused-ring (bicyclic) bond motifs is 3. The van der Waals surface area contributed by atoms with Crippen LogP contribution in [0.4, 0.5) is 14.5 Å². The first-order chi connectivity index (χ1) is 16.8. The highest BCUT2D eigenvalue weighted by Crippen LogP contribution is 2.41. The zero-order valence-corrected chi connectivity index (χ0v) is 19.1. The Hall–Kier alpha value is -3.50. The number of carbonyl (C=O) groups excluding carboxylic acids is 1. The van der Waals surface area contributed by atoms with E-state index in [4.69, 9.17) is 21.3 Å². The van der Waals surface area contributed by atoms with Crippen molar-refractivity contribution in [2.24, 2.45) is 0 Å². The number of H-pyrrole nitrogens is 1. The molecule has 0 bridgehead atoms. The Bertz CT molecular complexity index is 1420. The van der Waals surface area contributed by atoms with Gasteiger partial charge in [-0.15, -0.1) is 8.78 Å². The van der Waals surface area contributed by atoms with Crippen molar-refractivity contribution in [2.75, 3.05) is 11.9 Å². The number of carbonyl (C=O) groups is 1. The van der Waals surface area contributed by atoms with Gasteiger partial charge in [0.05, 0.1) is 23.3 Å². The molecule has 3 heterocycles. The lowest BCUT2D eigenvalue weighted by atomic mass is 10.0. The SMILES string of the molecule is O=C(Nc1ccc(OC(F)(F)Cl)cc1)c1cc(-c2cc(C3CC3)[nH]n2)c2c(c1)nc1n2CCOC1. The van der Waals surface area contributed by atoms with Gasteiger partial charge >= 0.3 is 5.57 Å². The Balaban J connectivity index is 1.35. The predicted octanol–water partition coefficient (Wildman–Crippen LogP) is 5.25. The van der Waals surface area contributed by atoms with Crippen LogP contribution in [0.2, 0.25) is 0 Å². The Morgan fingerprint density at radius 2 is 2.03 bits per heavy atom. The van der Waals surface area contributed by atoms with Gasteiger partial charge in [-0.3, -0.25) is 9.89 Å². The number of imidazole rings is 1. The molecule has 0 spiro atoms. The molecule has 1 aliphatic heterocycles. The molecule has 35 heavy (non-hydrogen) atoms. The first kappa shape index (κ1) is 22.0. The predicted molar refractivity (Wildman–Crippen MR) is 125 cm³/mol. The molecule has 1 amide bonds. The summed E-state index contributed by atoms with van der Waals surface area (Å²) in [6.07, 6.45) is 2.29. The fourth-order valence-corrected chi connectivity index (χ4v) is 4.42. The van der Waals surface area contributed by atoms with Crippen molar-refractivity contribution in [3.63, 3.8) is 0 Å². The van der Waals surface area contributed by atoms with Gasteiger partial charge in [0.15, 0.2) is 0 Å². The number of aromatic nitrogens is 4. The van der Waals surface area contributed by atoms with Crippen LogP contribution in [0.15, 0.2) is 42.5 Å². The minimum absolute atomic E-state index is 0.123. The molecule has 1 saturated carbocycles. The lowest BCUT2D eigenvalue weighted by molar-refractivity contribution is -0.0964. The maximum absolute atomic E-state index is 13.2. The topological polar surface area (TPSA) is 94.1 Å². The van der Waals surface area contributed by atoms with Gasteiger partial charge in [-0.1, -0.05) is 0 Å². The summed E-state index contributed by atoms with van der Waals surface area (Å²) in [7, 11) is 0. The van der Waals surface area contributed by atoms with E-state index in [1.165, 1.54) is 24.3 Å². The molecule has 1 fully saturated rings. The maximum Gasteiger partial charge on any atom is 0.487 e. The van der Waals surface area contributed by atoms with Gasteiger partial charge in [-0.25, -0.2) is 4.98 Å². The number of halogens is 3. The Labute approximate surface area is 203 Å². The molecule has 2 aromatic heterocycles. The summed E-state index contributed by atoms with van der Waals surface area (Å²) in [5, 5.41) is 10.5. The average Bonchev–Trinajstić information content (AvgIpc) is 3.43. The molecule has 0 radical (unpaired) electrons. The van der Waals surface area contributed by atoms with Gasteiger partial charge in [0.1, 0.15) is 18.2 Å². The summed E-state index contributed by atoms with van der Waals surface area (Å²) in [5.41, 5.74) is 1.25. The first-order valence-corrected chi connectivity index (χ1v) is 11.6. The van der Waals surface area contributed by atoms with Crippen LogP contribution in [0.3, 0.4) is 0 Å². The van der Waals surface area contributed by atoms with E-state index in [9.17, 15) is 13.6 Å². The Morgan fingerprint density at radius 1 is 1.23 bits per heavy atom. The number of rotatable bonds is 6. The second kappa shape index (κ2) is 8.31. The number of amides is 1. The van der Waals surface area contributed by atoms with Crippen molar-refractivity contribution in [3.8, 4) is 17.0 Å². The van der Waals surface area contributed by atoms with Gasteiger partial charge < -0.3 is 19.4 Å². The van der Waals surface area contributed by atoms with Crippen molar-refractivity contribution in [1.82, 2.24) is 19.7 Å². The molecule has 1 aliphatic carbocycles. The smallest absolute Gasteiger partial charge is 0.420 e. The summed E-state index contributed by atoms with van der Waals surface area (Å²) in [6.45, 7) is 1.66. The average molecular weight is 500 g/mol. The summed E-state index contributed by atoms with van der Waals surface area (Å²) >= 11 is 4.80. The van der Waals surface area contributed by atoms with Gasteiger partial charge in [0.25, 0.3) is 5.91 Å². The normalized spacial score (nSPS) is 15.7. The van der Waals surface area contributed by atoms with Crippen LogP contribution in [0.1, 0.15) is 40.6 Å².